The lowest BCUT2D eigenvalue weighted by Crippen LogP contribution is -2.37. The summed E-state index contributed by atoms with van der Waals surface area (Å²) in [6.07, 6.45) is 0.0498. The molecule has 26 heavy (non-hydrogen) atoms. The summed E-state index contributed by atoms with van der Waals surface area (Å²) in [4.78, 5) is 12.6. The molecule has 3 nitrogen and oxygen atoms in total. The van der Waals surface area contributed by atoms with Gasteiger partial charge in [0.1, 0.15) is 5.75 Å². The maximum atomic E-state index is 12.6. The quantitative estimate of drug-likeness (QED) is 0.644. The van der Waals surface area contributed by atoms with E-state index in [-0.39, 0.29) is 5.91 Å². The molecule has 0 bridgehead atoms. The zero-order chi connectivity index (χ0) is 18.5. The zero-order valence-corrected chi connectivity index (χ0v) is 15.7. The van der Waals surface area contributed by atoms with Gasteiger partial charge in [0.25, 0.3) is 5.91 Å². The van der Waals surface area contributed by atoms with E-state index in [1.54, 1.807) is 12.1 Å². The molecule has 0 spiro atoms. The standard InChI is InChI=1S/C22H22ClNO2/c1-3-21(26-18-11-12-20(23)15(2)13-18)22(25)24-14-17-9-6-8-16-7-4-5-10-19(16)17/h4-13,21H,3,14H2,1-2H3,(H,24,25)/t21-/m0/s1. The van der Waals surface area contributed by atoms with Crippen molar-refractivity contribution in [2.24, 2.45) is 0 Å². The maximum Gasteiger partial charge on any atom is 0.261 e. The molecule has 0 unspecified atom stereocenters. The lowest BCUT2D eigenvalue weighted by atomic mass is 10.0. The van der Waals surface area contributed by atoms with Crippen LogP contribution in [0.4, 0.5) is 0 Å². The normalized spacial score (nSPS) is 12.0. The maximum absolute atomic E-state index is 12.6. The molecule has 0 aliphatic carbocycles. The van der Waals surface area contributed by atoms with Crippen molar-refractivity contribution in [2.45, 2.75) is 32.9 Å². The van der Waals surface area contributed by atoms with Crippen molar-refractivity contribution in [2.75, 3.05) is 0 Å². The lowest BCUT2D eigenvalue weighted by molar-refractivity contribution is -0.128. The van der Waals surface area contributed by atoms with Gasteiger partial charge in [-0.15, -0.1) is 0 Å². The van der Waals surface area contributed by atoms with Crippen molar-refractivity contribution < 1.29 is 9.53 Å². The van der Waals surface area contributed by atoms with Gasteiger partial charge in [0, 0.05) is 11.6 Å². The molecule has 0 saturated carbocycles. The smallest absolute Gasteiger partial charge is 0.261 e. The number of rotatable bonds is 6. The molecule has 0 fully saturated rings. The minimum Gasteiger partial charge on any atom is -0.481 e. The van der Waals surface area contributed by atoms with Crippen LogP contribution in [-0.2, 0) is 11.3 Å². The molecule has 3 aromatic rings. The number of aryl methyl sites for hydroxylation is 1. The summed E-state index contributed by atoms with van der Waals surface area (Å²) in [5.41, 5.74) is 2.02. The molecule has 4 heteroatoms. The fourth-order valence-corrected chi connectivity index (χ4v) is 3.04. The van der Waals surface area contributed by atoms with Gasteiger partial charge in [-0.2, -0.15) is 0 Å². The van der Waals surface area contributed by atoms with Crippen LogP contribution in [0.1, 0.15) is 24.5 Å². The minimum atomic E-state index is -0.537. The van der Waals surface area contributed by atoms with Crippen molar-refractivity contribution in [3.8, 4) is 5.75 Å². The van der Waals surface area contributed by atoms with Gasteiger partial charge in [-0.1, -0.05) is 61.0 Å². The van der Waals surface area contributed by atoms with E-state index in [1.165, 1.54) is 5.39 Å². The van der Waals surface area contributed by atoms with Gasteiger partial charge in [0.15, 0.2) is 6.10 Å². The van der Waals surface area contributed by atoms with Crippen molar-refractivity contribution in [3.63, 3.8) is 0 Å². The number of ether oxygens (including phenoxy) is 1. The van der Waals surface area contributed by atoms with Gasteiger partial charge in [-0.05, 0) is 53.4 Å². The monoisotopic (exact) mass is 367 g/mol. The Morgan fingerprint density at radius 3 is 2.65 bits per heavy atom. The molecule has 0 aromatic heterocycles. The first-order valence-electron chi connectivity index (χ1n) is 8.75. The van der Waals surface area contributed by atoms with Gasteiger partial charge >= 0.3 is 0 Å². The SMILES string of the molecule is CC[C@H](Oc1ccc(Cl)c(C)c1)C(=O)NCc1cccc2ccccc12. The summed E-state index contributed by atoms with van der Waals surface area (Å²) in [7, 11) is 0. The zero-order valence-electron chi connectivity index (χ0n) is 15.0. The Kier molecular flexibility index (Phi) is 5.79. The van der Waals surface area contributed by atoms with Crippen molar-refractivity contribution in [1.82, 2.24) is 5.32 Å². The average molecular weight is 368 g/mol. The average Bonchev–Trinajstić information content (AvgIpc) is 2.66. The van der Waals surface area contributed by atoms with Crippen LogP contribution in [0, 0.1) is 6.92 Å². The van der Waals surface area contributed by atoms with Gasteiger partial charge in [-0.25, -0.2) is 0 Å². The summed E-state index contributed by atoms with van der Waals surface area (Å²) in [6, 6.07) is 19.7. The van der Waals surface area contributed by atoms with Crippen molar-refractivity contribution in [1.29, 1.82) is 0 Å². The summed E-state index contributed by atoms with van der Waals surface area (Å²) in [6.45, 7) is 4.32. The van der Waals surface area contributed by atoms with Crippen LogP contribution in [-0.4, -0.2) is 12.0 Å². The van der Waals surface area contributed by atoms with Crippen LogP contribution in [0.15, 0.2) is 60.7 Å². The van der Waals surface area contributed by atoms with Crippen molar-refractivity contribution in [3.05, 3.63) is 76.8 Å². The second kappa shape index (κ2) is 8.24. The number of hydrogen-bond acceptors (Lipinski definition) is 2. The molecular weight excluding hydrogens is 346 g/mol. The second-order valence-electron chi connectivity index (χ2n) is 6.28. The van der Waals surface area contributed by atoms with E-state index in [0.29, 0.717) is 23.7 Å². The molecule has 0 aliphatic rings. The molecule has 0 heterocycles. The Morgan fingerprint density at radius 1 is 1.12 bits per heavy atom. The molecule has 0 saturated heterocycles. The fraction of sp³-hybridized carbons (Fsp3) is 0.227. The van der Waals surface area contributed by atoms with E-state index in [0.717, 1.165) is 16.5 Å². The summed E-state index contributed by atoms with van der Waals surface area (Å²) in [5, 5.41) is 6.00. The number of carbonyl (C=O) groups is 1. The number of nitrogens with one attached hydrogen (secondary N) is 1. The molecule has 0 radical (unpaired) electrons. The molecule has 1 amide bonds. The van der Waals surface area contributed by atoms with E-state index < -0.39 is 6.10 Å². The van der Waals surface area contributed by atoms with Gasteiger partial charge in [0.05, 0.1) is 0 Å². The summed E-state index contributed by atoms with van der Waals surface area (Å²) < 4.78 is 5.87. The first kappa shape index (κ1) is 18.3. The molecular formula is C22H22ClNO2. The number of halogens is 1. The number of hydrogen-bond donors (Lipinski definition) is 1. The first-order valence-corrected chi connectivity index (χ1v) is 9.13. The Labute approximate surface area is 158 Å². The molecule has 0 aliphatic heterocycles. The van der Waals surface area contributed by atoms with Crippen LogP contribution >= 0.6 is 11.6 Å². The van der Waals surface area contributed by atoms with Crippen LogP contribution in [0.3, 0.4) is 0 Å². The predicted octanol–water partition coefficient (Wildman–Crippen LogP) is 5.28. The molecule has 3 rings (SSSR count). The highest BCUT2D eigenvalue weighted by Crippen LogP contribution is 2.23. The predicted molar refractivity (Wildman–Crippen MR) is 107 cm³/mol. The van der Waals surface area contributed by atoms with Gasteiger partial charge < -0.3 is 10.1 Å². The third-order valence-electron chi connectivity index (χ3n) is 4.40. The topological polar surface area (TPSA) is 38.3 Å². The highest BCUT2D eigenvalue weighted by Gasteiger charge is 2.18. The van der Waals surface area contributed by atoms with E-state index in [4.69, 9.17) is 16.3 Å². The van der Waals surface area contributed by atoms with Crippen LogP contribution in [0.2, 0.25) is 5.02 Å². The second-order valence-corrected chi connectivity index (χ2v) is 6.69. The Morgan fingerprint density at radius 2 is 1.88 bits per heavy atom. The van der Waals surface area contributed by atoms with Crippen LogP contribution < -0.4 is 10.1 Å². The van der Waals surface area contributed by atoms with Gasteiger partial charge in [0.2, 0.25) is 0 Å². The Bertz CT molecular complexity index is 918. The minimum absolute atomic E-state index is 0.118. The molecule has 1 N–H and O–H groups in total. The number of fused-ring (bicyclic) bond motifs is 1. The first-order chi connectivity index (χ1) is 12.6. The lowest BCUT2D eigenvalue weighted by Gasteiger charge is -2.18. The molecule has 3 aromatic carbocycles. The van der Waals surface area contributed by atoms with E-state index in [9.17, 15) is 4.79 Å². The largest absolute Gasteiger partial charge is 0.481 e. The number of amides is 1. The van der Waals surface area contributed by atoms with E-state index in [1.807, 2.05) is 44.2 Å². The highest BCUT2D eigenvalue weighted by atomic mass is 35.5. The van der Waals surface area contributed by atoms with E-state index in [2.05, 4.69) is 23.5 Å². The molecule has 1 atom stereocenters. The Balaban J connectivity index is 1.68. The van der Waals surface area contributed by atoms with Crippen LogP contribution in [0.5, 0.6) is 5.75 Å². The van der Waals surface area contributed by atoms with E-state index >= 15 is 0 Å². The van der Waals surface area contributed by atoms with Crippen molar-refractivity contribution >= 4 is 28.3 Å². The number of benzene rings is 3. The third-order valence-corrected chi connectivity index (χ3v) is 4.83. The third kappa shape index (κ3) is 4.17. The van der Waals surface area contributed by atoms with Crippen LogP contribution in [0.25, 0.3) is 10.8 Å². The number of carbonyl (C=O) groups excluding carboxylic acids is 1. The fourth-order valence-electron chi connectivity index (χ4n) is 2.92. The Hall–Kier alpha value is -2.52. The summed E-state index contributed by atoms with van der Waals surface area (Å²) >= 11 is 6.04. The molecule has 134 valence electrons. The highest BCUT2D eigenvalue weighted by molar-refractivity contribution is 6.31. The summed E-state index contributed by atoms with van der Waals surface area (Å²) in [5.74, 6) is 0.534. The van der Waals surface area contributed by atoms with Gasteiger partial charge in [-0.3, -0.25) is 4.79 Å².